The molecule has 2 aromatic rings. The van der Waals surface area contributed by atoms with Gasteiger partial charge in [-0.15, -0.1) is 11.3 Å². The standard InChI is InChI=1S/C20H22F4N2O3S/c1-6-11(4)29-18(28)15-16(10(2)3)30-19(26(15)5)25-17(27)13-9-12(20(22,23)24)7-8-14(13)21/h7-11H,6H2,1-5H3. The van der Waals surface area contributed by atoms with Crippen LogP contribution in [0.5, 0.6) is 0 Å². The lowest BCUT2D eigenvalue weighted by Crippen LogP contribution is -2.22. The molecule has 1 unspecified atom stereocenters. The van der Waals surface area contributed by atoms with E-state index in [1.54, 1.807) is 6.92 Å². The van der Waals surface area contributed by atoms with E-state index in [1.807, 2.05) is 20.8 Å². The third-order valence-electron chi connectivity index (χ3n) is 4.38. The van der Waals surface area contributed by atoms with Crippen molar-refractivity contribution >= 4 is 23.2 Å². The smallest absolute Gasteiger partial charge is 0.416 e. The average Bonchev–Trinajstić information content (AvgIpc) is 2.97. The van der Waals surface area contributed by atoms with Gasteiger partial charge < -0.3 is 9.30 Å². The number of rotatable bonds is 5. The second-order valence-electron chi connectivity index (χ2n) is 7.04. The lowest BCUT2D eigenvalue weighted by atomic mass is 10.1. The maximum Gasteiger partial charge on any atom is 0.416 e. The summed E-state index contributed by atoms with van der Waals surface area (Å²) in [6.07, 6.45) is -4.44. The van der Waals surface area contributed by atoms with Crippen LogP contribution >= 0.6 is 11.3 Å². The van der Waals surface area contributed by atoms with Crippen LogP contribution < -0.4 is 4.80 Å². The van der Waals surface area contributed by atoms with Gasteiger partial charge in [0.25, 0.3) is 5.91 Å². The first-order valence-corrected chi connectivity index (χ1v) is 10.0. The Balaban J connectivity index is 2.56. The van der Waals surface area contributed by atoms with Crippen molar-refractivity contribution in [2.75, 3.05) is 0 Å². The van der Waals surface area contributed by atoms with Crippen LogP contribution in [0.2, 0.25) is 0 Å². The first-order valence-electron chi connectivity index (χ1n) is 9.23. The number of carbonyl (C=O) groups is 2. The van der Waals surface area contributed by atoms with Crippen molar-refractivity contribution in [3.63, 3.8) is 0 Å². The molecule has 1 heterocycles. The lowest BCUT2D eigenvalue weighted by Gasteiger charge is -2.13. The fourth-order valence-corrected chi connectivity index (χ4v) is 3.64. The predicted octanol–water partition coefficient (Wildman–Crippen LogP) is 5.06. The molecule has 0 saturated carbocycles. The van der Waals surface area contributed by atoms with Gasteiger partial charge in [0.1, 0.15) is 11.5 Å². The minimum absolute atomic E-state index is 0.0524. The van der Waals surface area contributed by atoms with Gasteiger partial charge in [0, 0.05) is 11.9 Å². The van der Waals surface area contributed by atoms with E-state index < -0.39 is 35.0 Å². The fourth-order valence-electron chi connectivity index (χ4n) is 2.54. The van der Waals surface area contributed by atoms with Gasteiger partial charge in [0.15, 0.2) is 4.80 Å². The number of amides is 1. The Hall–Kier alpha value is -2.49. The normalized spacial score (nSPS) is 13.6. The van der Waals surface area contributed by atoms with Crippen LogP contribution in [0.15, 0.2) is 23.2 Å². The molecule has 10 heteroatoms. The first-order chi connectivity index (χ1) is 13.9. The van der Waals surface area contributed by atoms with Crippen LogP contribution in [-0.4, -0.2) is 22.5 Å². The van der Waals surface area contributed by atoms with Crippen molar-refractivity contribution in [3.05, 3.63) is 50.5 Å². The molecule has 0 saturated heterocycles. The Morgan fingerprint density at radius 2 is 1.87 bits per heavy atom. The highest BCUT2D eigenvalue weighted by Gasteiger charge is 2.32. The molecule has 0 N–H and O–H groups in total. The van der Waals surface area contributed by atoms with Crippen LogP contribution in [0.1, 0.15) is 71.3 Å². The topological polar surface area (TPSA) is 60.7 Å². The van der Waals surface area contributed by atoms with E-state index in [-0.39, 0.29) is 22.5 Å². The number of benzene rings is 1. The molecule has 30 heavy (non-hydrogen) atoms. The molecule has 164 valence electrons. The number of ether oxygens (including phenoxy) is 1. The number of alkyl halides is 3. The highest BCUT2D eigenvalue weighted by molar-refractivity contribution is 7.09. The Kier molecular flexibility index (Phi) is 7.23. The van der Waals surface area contributed by atoms with Crippen molar-refractivity contribution in [3.8, 4) is 0 Å². The molecule has 2 rings (SSSR count). The molecule has 1 aromatic carbocycles. The molecular formula is C20H22F4N2O3S. The predicted molar refractivity (Wildman–Crippen MR) is 104 cm³/mol. The van der Waals surface area contributed by atoms with Crippen molar-refractivity contribution in [1.29, 1.82) is 0 Å². The van der Waals surface area contributed by atoms with Gasteiger partial charge in [-0.3, -0.25) is 4.79 Å². The van der Waals surface area contributed by atoms with Crippen molar-refractivity contribution in [1.82, 2.24) is 4.57 Å². The minimum Gasteiger partial charge on any atom is -0.458 e. The molecule has 1 amide bonds. The van der Waals surface area contributed by atoms with E-state index >= 15 is 0 Å². The maximum atomic E-state index is 14.0. The second-order valence-corrected chi connectivity index (χ2v) is 8.05. The van der Waals surface area contributed by atoms with Crippen LogP contribution in [-0.2, 0) is 18.0 Å². The molecule has 5 nitrogen and oxygen atoms in total. The van der Waals surface area contributed by atoms with Crippen LogP contribution in [0, 0.1) is 5.82 Å². The van der Waals surface area contributed by atoms with Gasteiger partial charge in [-0.2, -0.15) is 18.2 Å². The molecular weight excluding hydrogens is 424 g/mol. The molecule has 0 spiro atoms. The highest BCUT2D eigenvalue weighted by atomic mass is 32.1. The van der Waals surface area contributed by atoms with E-state index in [4.69, 9.17) is 4.74 Å². The first kappa shape index (κ1) is 23.8. The van der Waals surface area contributed by atoms with Gasteiger partial charge in [0.2, 0.25) is 0 Å². The molecule has 0 aliphatic carbocycles. The number of hydrogen-bond acceptors (Lipinski definition) is 4. The number of aromatic nitrogens is 1. The summed E-state index contributed by atoms with van der Waals surface area (Å²) < 4.78 is 59.4. The van der Waals surface area contributed by atoms with Gasteiger partial charge >= 0.3 is 12.1 Å². The molecule has 1 aromatic heterocycles. The summed E-state index contributed by atoms with van der Waals surface area (Å²) in [5.74, 6) is -2.99. The summed E-state index contributed by atoms with van der Waals surface area (Å²) in [6, 6.07) is 1.56. The number of carbonyl (C=O) groups excluding carboxylic acids is 2. The van der Waals surface area contributed by atoms with E-state index in [0.29, 0.717) is 29.5 Å². The van der Waals surface area contributed by atoms with Gasteiger partial charge in [-0.05, 0) is 37.5 Å². The Bertz CT molecular complexity index is 1020. The Morgan fingerprint density at radius 1 is 1.23 bits per heavy atom. The van der Waals surface area contributed by atoms with Crippen molar-refractivity contribution < 1.29 is 31.9 Å². The Morgan fingerprint density at radius 3 is 2.40 bits per heavy atom. The molecule has 0 aliphatic rings. The van der Waals surface area contributed by atoms with Gasteiger partial charge in [0.05, 0.1) is 17.2 Å². The SMILES string of the molecule is CCC(C)OC(=O)c1c(C(C)C)sc(=NC(=O)c2cc(C(F)(F)F)ccc2F)n1C. The summed E-state index contributed by atoms with van der Waals surface area (Å²) in [7, 11) is 1.49. The van der Waals surface area contributed by atoms with Crippen molar-refractivity contribution in [2.45, 2.75) is 52.3 Å². The van der Waals surface area contributed by atoms with Gasteiger partial charge in [-0.25, -0.2) is 9.18 Å². The van der Waals surface area contributed by atoms with Crippen LogP contribution in [0.3, 0.4) is 0 Å². The third-order valence-corrected chi connectivity index (χ3v) is 5.81. The summed E-state index contributed by atoms with van der Waals surface area (Å²) in [6.45, 7) is 7.27. The van der Waals surface area contributed by atoms with Crippen LogP contribution in [0.4, 0.5) is 17.6 Å². The number of nitrogens with zero attached hydrogens (tertiary/aromatic N) is 2. The number of esters is 1. The fraction of sp³-hybridized carbons (Fsp3) is 0.450. The monoisotopic (exact) mass is 446 g/mol. The molecule has 0 radical (unpaired) electrons. The average molecular weight is 446 g/mol. The minimum atomic E-state index is -4.73. The van der Waals surface area contributed by atoms with E-state index in [1.165, 1.54) is 11.6 Å². The third kappa shape index (κ3) is 5.16. The van der Waals surface area contributed by atoms with Gasteiger partial charge in [-0.1, -0.05) is 20.8 Å². The lowest BCUT2D eigenvalue weighted by molar-refractivity contribution is -0.137. The quantitative estimate of drug-likeness (QED) is 0.476. The van der Waals surface area contributed by atoms with E-state index in [2.05, 4.69) is 4.99 Å². The Labute approximate surface area is 175 Å². The number of hydrogen-bond donors (Lipinski definition) is 0. The van der Waals surface area contributed by atoms with Crippen LogP contribution in [0.25, 0.3) is 0 Å². The zero-order chi connectivity index (χ0) is 22.8. The molecule has 0 bridgehead atoms. The van der Waals surface area contributed by atoms with Crippen molar-refractivity contribution in [2.24, 2.45) is 12.0 Å². The molecule has 0 aliphatic heterocycles. The summed E-state index contributed by atoms with van der Waals surface area (Å²) in [5, 5.41) is 0. The zero-order valence-corrected chi connectivity index (χ0v) is 17.9. The summed E-state index contributed by atoms with van der Waals surface area (Å²) in [5.41, 5.74) is -1.75. The zero-order valence-electron chi connectivity index (χ0n) is 17.1. The second kappa shape index (κ2) is 9.11. The summed E-state index contributed by atoms with van der Waals surface area (Å²) in [4.78, 5) is 29.5. The maximum absolute atomic E-state index is 14.0. The molecule has 1 atom stereocenters. The number of thiazole rings is 1. The number of halogens is 4. The van der Waals surface area contributed by atoms with E-state index in [0.717, 1.165) is 11.3 Å². The summed E-state index contributed by atoms with van der Waals surface area (Å²) >= 11 is 1.03. The molecule has 0 fully saturated rings. The largest absolute Gasteiger partial charge is 0.458 e. The van der Waals surface area contributed by atoms with E-state index in [9.17, 15) is 27.2 Å². The highest BCUT2D eigenvalue weighted by Crippen LogP contribution is 2.30.